The molecule has 0 aliphatic rings. The number of amides is 1. The largest absolute Gasteiger partial charge is 0.396 e. The van der Waals surface area contributed by atoms with Crippen molar-refractivity contribution in [3.63, 3.8) is 0 Å². The molecule has 0 spiro atoms. The van der Waals surface area contributed by atoms with Gasteiger partial charge >= 0.3 is 0 Å². The molecular formula is C12H16N4OS. The third-order valence-corrected chi connectivity index (χ3v) is 4.22. The molecule has 1 amide bonds. The van der Waals surface area contributed by atoms with Gasteiger partial charge < -0.3 is 10.6 Å². The molecule has 2 aromatic rings. The predicted molar refractivity (Wildman–Crippen MR) is 73.7 cm³/mol. The van der Waals surface area contributed by atoms with Crippen molar-refractivity contribution < 1.29 is 4.79 Å². The lowest BCUT2D eigenvalue weighted by Gasteiger charge is -2.23. The van der Waals surface area contributed by atoms with Gasteiger partial charge in [-0.05, 0) is 13.3 Å². The average molecular weight is 264 g/mol. The minimum Gasteiger partial charge on any atom is -0.396 e. The monoisotopic (exact) mass is 264 g/mol. The molecule has 5 nitrogen and oxygen atoms in total. The van der Waals surface area contributed by atoms with Crippen LogP contribution in [0.3, 0.4) is 0 Å². The maximum Gasteiger partial charge on any atom is 0.266 e. The average Bonchev–Trinajstić information content (AvgIpc) is 2.74. The van der Waals surface area contributed by atoms with E-state index < -0.39 is 0 Å². The number of thiophene rings is 1. The van der Waals surface area contributed by atoms with E-state index in [0.29, 0.717) is 20.9 Å². The zero-order valence-corrected chi connectivity index (χ0v) is 11.5. The van der Waals surface area contributed by atoms with E-state index in [9.17, 15) is 4.79 Å². The summed E-state index contributed by atoms with van der Waals surface area (Å²) in [5.41, 5.74) is 7.03. The Morgan fingerprint density at radius 3 is 2.78 bits per heavy atom. The van der Waals surface area contributed by atoms with E-state index in [4.69, 9.17) is 5.73 Å². The summed E-state index contributed by atoms with van der Waals surface area (Å²) >= 11 is 1.30. The highest BCUT2D eigenvalue weighted by atomic mass is 32.1. The third-order valence-electron chi connectivity index (χ3n) is 3.13. The van der Waals surface area contributed by atoms with Crippen LogP contribution in [-0.4, -0.2) is 33.9 Å². The van der Waals surface area contributed by atoms with Gasteiger partial charge in [-0.15, -0.1) is 11.3 Å². The number of carbonyl (C=O) groups excluding carboxylic acids is 1. The third kappa shape index (κ3) is 2.03. The maximum atomic E-state index is 12.3. The van der Waals surface area contributed by atoms with Crippen LogP contribution in [0.5, 0.6) is 0 Å². The molecule has 0 radical (unpaired) electrons. The fourth-order valence-electron chi connectivity index (χ4n) is 1.64. The Balaban J connectivity index is 2.42. The molecule has 2 heterocycles. The molecular weight excluding hydrogens is 248 g/mol. The molecule has 2 rings (SSSR count). The summed E-state index contributed by atoms with van der Waals surface area (Å²) in [5, 5.41) is 0. The highest BCUT2D eigenvalue weighted by Gasteiger charge is 2.23. The molecule has 96 valence electrons. The second kappa shape index (κ2) is 4.89. The zero-order chi connectivity index (χ0) is 13.3. The second-order valence-electron chi connectivity index (χ2n) is 4.23. The Labute approximate surface area is 110 Å². The number of nitrogens with two attached hydrogens (primary N) is 1. The van der Waals surface area contributed by atoms with Gasteiger partial charge in [-0.2, -0.15) is 0 Å². The van der Waals surface area contributed by atoms with Gasteiger partial charge in [0.1, 0.15) is 15.2 Å². The molecule has 18 heavy (non-hydrogen) atoms. The number of carbonyl (C=O) groups is 1. The number of anilines is 1. The van der Waals surface area contributed by atoms with Crippen molar-refractivity contribution in [1.29, 1.82) is 0 Å². The second-order valence-corrected chi connectivity index (χ2v) is 5.23. The summed E-state index contributed by atoms with van der Waals surface area (Å²) in [7, 11) is 1.79. The van der Waals surface area contributed by atoms with E-state index in [1.165, 1.54) is 11.3 Å². The molecule has 2 aromatic heterocycles. The first kappa shape index (κ1) is 12.8. The van der Waals surface area contributed by atoms with Crippen LogP contribution in [0, 0.1) is 0 Å². The summed E-state index contributed by atoms with van der Waals surface area (Å²) in [5.74, 6) is -0.0633. The Morgan fingerprint density at radius 2 is 2.17 bits per heavy atom. The van der Waals surface area contributed by atoms with Crippen LogP contribution >= 0.6 is 11.3 Å². The molecule has 0 saturated carbocycles. The lowest BCUT2D eigenvalue weighted by Crippen LogP contribution is -2.34. The SMILES string of the molecule is CCC(C)N(C)C(=O)c1sc2nccnc2c1N. The van der Waals surface area contributed by atoms with Gasteiger partial charge in [0.25, 0.3) is 5.91 Å². The molecule has 0 saturated heterocycles. The molecule has 1 atom stereocenters. The van der Waals surface area contributed by atoms with E-state index >= 15 is 0 Å². The lowest BCUT2D eigenvalue weighted by atomic mass is 10.2. The van der Waals surface area contributed by atoms with Crippen molar-refractivity contribution >= 4 is 33.3 Å². The van der Waals surface area contributed by atoms with E-state index in [2.05, 4.69) is 9.97 Å². The van der Waals surface area contributed by atoms with Crippen molar-refractivity contribution in [3.05, 3.63) is 17.3 Å². The highest BCUT2D eigenvalue weighted by molar-refractivity contribution is 7.21. The number of hydrogen-bond donors (Lipinski definition) is 1. The molecule has 6 heteroatoms. The van der Waals surface area contributed by atoms with E-state index in [1.54, 1.807) is 24.3 Å². The molecule has 0 aliphatic carbocycles. The van der Waals surface area contributed by atoms with Crippen LogP contribution in [0.1, 0.15) is 29.9 Å². The van der Waals surface area contributed by atoms with Crippen molar-refractivity contribution in [1.82, 2.24) is 14.9 Å². The number of hydrogen-bond acceptors (Lipinski definition) is 5. The summed E-state index contributed by atoms with van der Waals surface area (Å²) in [6.45, 7) is 4.06. The van der Waals surface area contributed by atoms with Crippen LogP contribution in [0.25, 0.3) is 10.3 Å². The lowest BCUT2D eigenvalue weighted by molar-refractivity contribution is 0.0746. The molecule has 0 aromatic carbocycles. The number of nitrogen functional groups attached to an aromatic ring is 1. The predicted octanol–water partition coefficient (Wildman–Crippen LogP) is 2.14. The quantitative estimate of drug-likeness (QED) is 0.922. The van der Waals surface area contributed by atoms with E-state index in [-0.39, 0.29) is 11.9 Å². The van der Waals surface area contributed by atoms with Crippen molar-refractivity contribution in [3.8, 4) is 0 Å². The van der Waals surface area contributed by atoms with Crippen molar-refractivity contribution in [2.75, 3.05) is 12.8 Å². The molecule has 2 N–H and O–H groups in total. The van der Waals surface area contributed by atoms with Gasteiger partial charge in [-0.3, -0.25) is 4.79 Å². The molecule has 0 bridgehead atoms. The summed E-state index contributed by atoms with van der Waals surface area (Å²) < 4.78 is 0. The Hall–Kier alpha value is -1.69. The number of nitrogens with zero attached hydrogens (tertiary/aromatic N) is 3. The van der Waals surface area contributed by atoms with Gasteiger partial charge in [0, 0.05) is 25.5 Å². The Kier molecular flexibility index (Phi) is 3.47. The van der Waals surface area contributed by atoms with Gasteiger partial charge in [-0.25, -0.2) is 9.97 Å². The fourth-order valence-corrected chi connectivity index (χ4v) is 2.64. The van der Waals surface area contributed by atoms with Crippen LogP contribution in [-0.2, 0) is 0 Å². The smallest absolute Gasteiger partial charge is 0.266 e. The van der Waals surface area contributed by atoms with Gasteiger partial charge in [0.2, 0.25) is 0 Å². The summed E-state index contributed by atoms with van der Waals surface area (Å²) in [6, 6.07) is 0.183. The van der Waals surface area contributed by atoms with Crippen LogP contribution < -0.4 is 5.73 Å². The van der Waals surface area contributed by atoms with Crippen molar-refractivity contribution in [2.45, 2.75) is 26.3 Å². The minimum atomic E-state index is -0.0633. The minimum absolute atomic E-state index is 0.0633. The number of fused-ring (bicyclic) bond motifs is 1. The first-order chi connectivity index (χ1) is 8.56. The van der Waals surface area contributed by atoms with E-state index in [0.717, 1.165) is 6.42 Å². The number of aromatic nitrogens is 2. The first-order valence-corrected chi connectivity index (χ1v) is 6.64. The standard InChI is InChI=1S/C12H16N4OS/c1-4-7(2)16(3)12(17)10-8(13)9-11(18-10)15-6-5-14-9/h5-7H,4,13H2,1-3H3. The Bertz CT molecular complexity index is 580. The number of rotatable bonds is 3. The van der Waals surface area contributed by atoms with Crippen LogP contribution in [0.2, 0.25) is 0 Å². The summed E-state index contributed by atoms with van der Waals surface area (Å²) in [4.78, 5) is 23.6. The maximum absolute atomic E-state index is 12.3. The summed E-state index contributed by atoms with van der Waals surface area (Å²) in [6.07, 6.45) is 4.09. The van der Waals surface area contributed by atoms with E-state index in [1.807, 2.05) is 13.8 Å². The first-order valence-electron chi connectivity index (χ1n) is 5.82. The Morgan fingerprint density at radius 1 is 1.50 bits per heavy atom. The molecule has 1 unspecified atom stereocenters. The van der Waals surface area contributed by atoms with Crippen LogP contribution in [0.4, 0.5) is 5.69 Å². The topological polar surface area (TPSA) is 72.1 Å². The zero-order valence-electron chi connectivity index (χ0n) is 10.7. The van der Waals surface area contributed by atoms with Gasteiger partial charge in [0.05, 0.1) is 5.69 Å². The highest BCUT2D eigenvalue weighted by Crippen LogP contribution is 2.31. The van der Waals surface area contributed by atoms with Crippen molar-refractivity contribution in [2.24, 2.45) is 0 Å². The fraction of sp³-hybridized carbons (Fsp3) is 0.417. The molecule has 0 fully saturated rings. The molecule has 0 aliphatic heterocycles. The van der Waals surface area contributed by atoms with Crippen LogP contribution in [0.15, 0.2) is 12.4 Å². The van der Waals surface area contributed by atoms with Gasteiger partial charge in [0.15, 0.2) is 0 Å². The van der Waals surface area contributed by atoms with Gasteiger partial charge in [-0.1, -0.05) is 6.92 Å². The normalized spacial score (nSPS) is 12.6.